The lowest BCUT2D eigenvalue weighted by Crippen LogP contribution is -2.27. The molecule has 0 saturated carbocycles. The Labute approximate surface area is 120 Å². The fraction of sp³-hybridized carbons (Fsp3) is 0.462. The SMILES string of the molecule is O=C(O)CC(c1ccc(Cl)c(Br)c1)N1CCCC1. The van der Waals surface area contributed by atoms with E-state index in [0.29, 0.717) is 5.02 Å². The van der Waals surface area contributed by atoms with Gasteiger partial charge in [-0.1, -0.05) is 17.7 Å². The van der Waals surface area contributed by atoms with Gasteiger partial charge in [-0.05, 0) is 59.6 Å². The molecule has 1 aromatic rings. The maximum Gasteiger partial charge on any atom is 0.305 e. The number of hydrogen-bond donors (Lipinski definition) is 1. The van der Waals surface area contributed by atoms with Crippen LogP contribution in [0.15, 0.2) is 22.7 Å². The van der Waals surface area contributed by atoms with Crippen molar-refractivity contribution in [1.82, 2.24) is 4.90 Å². The normalized spacial score (nSPS) is 17.9. The highest BCUT2D eigenvalue weighted by molar-refractivity contribution is 9.10. The summed E-state index contributed by atoms with van der Waals surface area (Å²) in [7, 11) is 0. The summed E-state index contributed by atoms with van der Waals surface area (Å²) in [6, 6.07) is 5.60. The highest BCUT2D eigenvalue weighted by Gasteiger charge is 2.25. The maximum absolute atomic E-state index is 11.0. The topological polar surface area (TPSA) is 40.5 Å². The third-order valence-electron chi connectivity index (χ3n) is 3.28. The first-order valence-electron chi connectivity index (χ1n) is 5.98. The zero-order valence-corrected chi connectivity index (χ0v) is 12.2. The number of hydrogen-bond acceptors (Lipinski definition) is 2. The number of nitrogens with zero attached hydrogens (tertiary/aromatic N) is 1. The van der Waals surface area contributed by atoms with Gasteiger partial charge in [-0.3, -0.25) is 9.69 Å². The number of carboxylic acids is 1. The Bertz CT molecular complexity index is 447. The van der Waals surface area contributed by atoms with E-state index in [9.17, 15) is 4.79 Å². The van der Waals surface area contributed by atoms with Crippen LogP contribution >= 0.6 is 27.5 Å². The first kappa shape index (κ1) is 13.8. The van der Waals surface area contributed by atoms with Gasteiger partial charge in [0.05, 0.1) is 11.4 Å². The van der Waals surface area contributed by atoms with Crippen LogP contribution in [0, 0.1) is 0 Å². The molecule has 1 aliphatic heterocycles. The third kappa shape index (κ3) is 3.25. The van der Waals surface area contributed by atoms with Crippen LogP contribution in [0.3, 0.4) is 0 Å². The van der Waals surface area contributed by atoms with E-state index >= 15 is 0 Å². The third-order valence-corrected chi connectivity index (χ3v) is 4.49. The largest absolute Gasteiger partial charge is 0.481 e. The number of carboxylic acid groups (broad SMARTS) is 1. The standard InChI is InChI=1S/C13H15BrClNO2/c14-10-7-9(3-4-11(10)15)12(8-13(17)18)16-5-1-2-6-16/h3-4,7,12H,1-2,5-6,8H2,(H,17,18). The van der Waals surface area contributed by atoms with Crippen molar-refractivity contribution in [3.8, 4) is 0 Å². The molecule has 18 heavy (non-hydrogen) atoms. The molecule has 98 valence electrons. The van der Waals surface area contributed by atoms with Crippen molar-refractivity contribution < 1.29 is 9.90 Å². The summed E-state index contributed by atoms with van der Waals surface area (Å²) in [5.74, 6) is -0.766. The van der Waals surface area contributed by atoms with Crippen molar-refractivity contribution in [1.29, 1.82) is 0 Å². The van der Waals surface area contributed by atoms with Crippen LogP contribution in [0.2, 0.25) is 5.02 Å². The van der Waals surface area contributed by atoms with Gasteiger partial charge >= 0.3 is 5.97 Å². The molecule has 0 aliphatic carbocycles. The Morgan fingerprint density at radius 3 is 2.67 bits per heavy atom. The number of benzene rings is 1. The summed E-state index contributed by atoms with van der Waals surface area (Å²) in [5.41, 5.74) is 1.01. The molecule has 1 aliphatic rings. The van der Waals surface area contributed by atoms with Crippen molar-refractivity contribution in [3.63, 3.8) is 0 Å². The van der Waals surface area contributed by atoms with E-state index in [1.165, 1.54) is 0 Å². The van der Waals surface area contributed by atoms with E-state index < -0.39 is 5.97 Å². The fourth-order valence-electron chi connectivity index (χ4n) is 2.40. The van der Waals surface area contributed by atoms with Gasteiger partial charge in [0.25, 0.3) is 0 Å². The Hall–Kier alpha value is -0.580. The van der Waals surface area contributed by atoms with E-state index in [1.807, 2.05) is 18.2 Å². The van der Waals surface area contributed by atoms with Gasteiger partial charge in [0.1, 0.15) is 0 Å². The molecule has 0 spiro atoms. The maximum atomic E-state index is 11.0. The Morgan fingerprint density at radius 2 is 2.11 bits per heavy atom. The molecule has 5 heteroatoms. The van der Waals surface area contributed by atoms with Crippen molar-refractivity contribution in [2.45, 2.75) is 25.3 Å². The van der Waals surface area contributed by atoms with Crippen LogP contribution in [0.25, 0.3) is 0 Å². The van der Waals surface area contributed by atoms with Gasteiger partial charge < -0.3 is 5.11 Å². The molecule has 1 heterocycles. The highest BCUT2D eigenvalue weighted by Crippen LogP contribution is 2.32. The molecule has 1 aromatic carbocycles. The van der Waals surface area contributed by atoms with E-state index in [4.69, 9.17) is 16.7 Å². The van der Waals surface area contributed by atoms with Gasteiger partial charge in [-0.2, -0.15) is 0 Å². The average Bonchev–Trinajstić information content (AvgIpc) is 2.83. The molecule has 2 rings (SSSR count). The summed E-state index contributed by atoms with van der Waals surface area (Å²) in [5, 5.41) is 9.71. The molecular formula is C13H15BrClNO2. The molecular weight excluding hydrogens is 318 g/mol. The second-order valence-corrected chi connectivity index (χ2v) is 5.79. The molecule has 3 nitrogen and oxygen atoms in total. The number of rotatable bonds is 4. The number of likely N-dealkylation sites (tertiary alicyclic amines) is 1. The summed E-state index contributed by atoms with van der Waals surface area (Å²) in [4.78, 5) is 13.3. The molecule has 1 atom stereocenters. The molecule has 1 fully saturated rings. The minimum atomic E-state index is -0.766. The van der Waals surface area contributed by atoms with Crippen LogP contribution < -0.4 is 0 Å². The predicted molar refractivity (Wildman–Crippen MR) is 75.0 cm³/mol. The molecule has 0 radical (unpaired) electrons. The van der Waals surface area contributed by atoms with Gasteiger partial charge in [0.2, 0.25) is 0 Å². The van der Waals surface area contributed by atoms with Crippen molar-refractivity contribution in [2.75, 3.05) is 13.1 Å². The summed E-state index contributed by atoms with van der Waals surface area (Å²) in [6.45, 7) is 1.94. The highest BCUT2D eigenvalue weighted by atomic mass is 79.9. The first-order chi connectivity index (χ1) is 8.58. The molecule has 0 bridgehead atoms. The minimum Gasteiger partial charge on any atom is -0.481 e. The van der Waals surface area contributed by atoms with Crippen molar-refractivity contribution in [2.24, 2.45) is 0 Å². The van der Waals surface area contributed by atoms with Crippen LogP contribution in [-0.4, -0.2) is 29.1 Å². The zero-order valence-electron chi connectivity index (χ0n) is 9.90. The van der Waals surface area contributed by atoms with Crippen LogP contribution in [0.5, 0.6) is 0 Å². The lowest BCUT2D eigenvalue weighted by Gasteiger charge is -2.26. The van der Waals surface area contributed by atoms with E-state index in [-0.39, 0.29) is 12.5 Å². The van der Waals surface area contributed by atoms with E-state index in [1.54, 1.807) is 0 Å². The zero-order chi connectivity index (χ0) is 13.1. The van der Waals surface area contributed by atoms with Gasteiger partial charge in [0, 0.05) is 10.5 Å². The monoisotopic (exact) mass is 331 g/mol. The smallest absolute Gasteiger partial charge is 0.305 e. The van der Waals surface area contributed by atoms with Gasteiger partial charge in [-0.25, -0.2) is 0 Å². The second kappa shape index (κ2) is 6.04. The predicted octanol–water partition coefficient (Wildman–Crippen LogP) is 3.71. The number of halogens is 2. The summed E-state index contributed by atoms with van der Waals surface area (Å²) < 4.78 is 0.816. The van der Waals surface area contributed by atoms with Gasteiger partial charge in [0.15, 0.2) is 0 Å². The first-order valence-corrected chi connectivity index (χ1v) is 7.16. The summed E-state index contributed by atoms with van der Waals surface area (Å²) >= 11 is 9.37. The van der Waals surface area contributed by atoms with Crippen molar-refractivity contribution >= 4 is 33.5 Å². The number of aliphatic carboxylic acids is 1. The lowest BCUT2D eigenvalue weighted by molar-refractivity contribution is -0.138. The average molecular weight is 333 g/mol. The fourth-order valence-corrected chi connectivity index (χ4v) is 2.91. The Morgan fingerprint density at radius 1 is 1.44 bits per heavy atom. The lowest BCUT2D eigenvalue weighted by atomic mass is 10.0. The summed E-state index contributed by atoms with van der Waals surface area (Å²) in [6.07, 6.45) is 2.42. The van der Waals surface area contributed by atoms with Crippen molar-refractivity contribution in [3.05, 3.63) is 33.3 Å². The molecule has 1 unspecified atom stereocenters. The minimum absolute atomic E-state index is 0.0569. The quantitative estimate of drug-likeness (QED) is 0.913. The van der Waals surface area contributed by atoms with Gasteiger partial charge in [-0.15, -0.1) is 0 Å². The second-order valence-electron chi connectivity index (χ2n) is 4.53. The van der Waals surface area contributed by atoms with Crippen LogP contribution in [0.1, 0.15) is 30.9 Å². The van der Waals surface area contributed by atoms with E-state index in [2.05, 4.69) is 20.8 Å². The van der Waals surface area contributed by atoms with E-state index in [0.717, 1.165) is 36.0 Å². The molecule has 1 N–H and O–H groups in total. The molecule has 1 saturated heterocycles. The Balaban J connectivity index is 2.26. The van der Waals surface area contributed by atoms with Crippen LogP contribution in [0.4, 0.5) is 0 Å². The molecule has 0 aromatic heterocycles. The Kier molecular flexibility index (Phi) is 4.65. The number of carbonyl (C=O) groups is 1. The molecule has 0 amide bonds. The van der Waals surface area contributed by atoms with Crippen LogP contribution in [-0.2, 0) is 4.79 Å².